The summed E-state index contributed by atoms with van der Waals surface area (Å²) < 4.78 is 6.08. The van der Waals surface area contributed by atoms with Crippen LogP contribution in [0.1, 0.15) is 47.6 Å². The third-order valence-corrected chi connectivity index (χ3v) is 4.42. The summed E-state index contributed by atoms with van der Waals surface area (Å²) in [5.74, 6) is 1.03. The molecule has 1 saturated heterocycles. The van der Waals surface area contributed by atoms with E-state index in [4.69, 9.17) is 4.74 Å². The molecular formula is C20H26ClNO. The Morgan fingerprint density at radius 2 is 1.74 bits per heavy atom. The molecule has 1 fully saturated rings. The zero-order chi connectivity index (χ0) is 15.4. The van der Waals surface area contributed by atoms with Crippen LogP contribution in [0, 0.1) is 13.8 Å². The van der Waals surface area contributed by atoms with Crippen LogP contribution in [0.5, 0.6) is 5.75 Å². The lowest BCUT2D eigenvalue weighted by Crippen LogP contribution is -2.26. The van der Waals surface area contributed by atoms with Gasteiger partial charge in [-0.25, -0.2) is 0 Å². The van der Waals surface area contributed by atoms with E-state index in [1.165, 1.54) is 41.5 Å². The number of piperidine rings is 1. The van der Waals surface area contributed by atoms with Gasteiger partial charge in [-0.3, -0.25) is 0 Å². The highest BCUT2D eigenvalue weighted by Crippen LogP contribution is 2.31. The Morgan fingerprint density at radius 3 is 2.35 bits per heavy atom. The van der Waals surface area contributed by atoms with Crippen molar-refractivity contribution >= 4 is 12.4 Å². The fraction of sp³-hybridized carbons (Fsp3) is 0.400. The molecule has 0 spiro atoms. The number of benzene rings is 2. The van der Waals surface area contributed by atoms with Crippen LogP contribution in [0.15, 0.2) is 42.5 Å². The van der Waals surface area contributed by atoms with E-state index in [-0.39, 0.29) is 12.4 Å². The average molecular weight is 332 g/mol. The van der Waals surface area contributed by atoms with Crippen LogP contribution in [-0.4, -0.2) is 6.54 Å². The quantitative estimate of drug-likeness (QED) is 0.839. The summed E-state index contributed by atoms with van der Waals surface area (Å²) in [5, 5.41) is 3.63. The Labute approximate surface area is 145 Å². The highest BCUT2D eigenvalue weighted by Gasteiger charge is 2.17. The standard InChI is InChI=1S/C20H25NO.ClH/c1-15-12-18(19-10-6-7-11-21-19)13-16(2)20(15)22-14-17-8-4-3-5-9-17;/h3-5,8-9,12-13,19,21H,6-7,10-11,14H2,1-2H3;1H/t19-;/m1./s1. The minimum Gasteiger partial charge on any atom is -0.488 e. The average Bonchev–Trinajstić information content (AvgIpc) is 2.56. The predicted octanol–water partition coefficient (Wildman–Crippen LogP) is 5.12. The van der Waals surface area contributed by atoms with E-state index in [0.717, 1.165) is 12.3 Å². The number of hydrogen-bond acceptors (Lipinski definition) is 2. The van der Waals surface area contributed by atoms with Gasteiger partial charge in [0, 0.05) is 6.04 Å². The van der Waals surface area contributed by atoms with E-state index in [9.17, 15) is 0 Å². The topological polar surface area (TPSA) is 21.3 Å². The Balaban J connectivity index is 0.00000192. The molecule has 1 aliphatic rings. The Bertz CT molecular complexity index is 598. The van der Waals surface area contributed by atoms with Crippen LogP contribution < -0.4 is 10.1 Å². The minimum absolute atomic E-state index is 0. The number of aryl methyl sites for hydroxylation is 2. The van der Waals surface area contributed by atoms with E-state index in [1.54, 1.807) is 0 Å². The second kappa shape index (κ2) is 8.37. The molecule has 1 atom stereocenters. The van der Waals surface area contributed by atoms with E-state index in [2.05, 4.69) is 55.6 Å². The smallest absolute Gasteiger partial charge is 0.125 e. The summed E-state index contributed by atoms with van der Waals surface area (Å²) >= 11 is 0. The summed E-state index contributed by atoms with van der Waals surface area (Å²) in [6, 6.07) is 15.4. The maximum absolute atomic E-state index is 6.08. The van der Waals surface area contributed by atoms with Crippen molar-refractivity contribution in [1.29, 1.82) is 0 Å². The molecule has 0 radical (unpaired) electrons. The first kappa shape index (κ1) is 17.8. The molecule has 23 heavy (non-hydrogen) atoms. The minimum atomic E-state index is 0. The first-order chi connectivity index (χ1) is 10.7. The Hall–Kier alpha value is -1.51. The molecule has 2 nitrogen and oxygen atoms in total. The van der Waals surface area contributed by atoms with Crippen molar-refractivity contribution < 1.29 is 4.74 Å². The maximum Gasteiger partial charge on any atom is 0.125 e. The van der Waals surface area contributed by atoms with Crippen molar-refractivity contribution in [3.8, 4) is 5.75 Å². The molecule has 3 heteroatoms. The van der Waals surface area contributed by atoms with Gasteiger partial charge in [-0.05, 0) is 55.5 Å². The summed E-state index contributed by atoms with van der Waals surface area (Å²) in [6.07, 6.45) is 3.86. The lowest BCUT2D eigenvalue weighted by molar-refractivity contribution is 0.301. The number of hydrogen-bond donors (Lipinski definition) is 1. The molecule has 2 aromatic carbocycles. The summed E-state index contributed by atoms with van der Waals surface area (Å²) in [6.45, 7) is 6.07. The molecule has 0 amide bonds. The maximum atomic E-state index is 6.08. The molecule has 0 unspecified atom stereocenters. The van der Waals surface area contributed by atoms with E-state index >= 15 is 0 Å². The van der Waals surface area contributed by atoms with Gasteiger partial charge in [0.15, 0.2) is 0 Å². The first-order valence-electron chi connectivity index (χ1n) is 8.25. The highest BCUT2D eigenvalue weighted by atomic mass is 35.5. The first-order valence-corrected chi connectivity index (χ1v) is 8.25. The van der Waals surface area contributed by atoms with Gasteiger partial charge in [-0.1, -0.05) is 48.9 Å². The zero-order valence-electron chi connectivity index (χ0n) is 14.0. The van der Waals surface area contributed by atoms with E-state index < -0.39 is 0 Å². The van der Waals surface area contributed by atoms with Gasteiger partial charge in [0.25, 0.3) is 0 Å². The molecule has 1 aliphatic heterocycles. The molecule has 0 bridgehead atoms. The second-order valence-electron chi connectivity index (χ2n) is 6.26. The van der Waals surface area contributed by atoms with Gasteiger partial charge < -0.3 is 10.1 Å². The number of rotatable bonds is 4. The normalized spacial score (nSPS) is 17.4. The van der Waals surface area contributed by atoms with Crippen LogP contribution >= 0.6 is 12.4 Å². The molecule has 0 aromatic heterocycles. The van der Waals surface area contributed by atoms with Crippen molar-refractivity contribution in [2.45, 2.75) is 45.8 Å². The van der Waals surface area contributed by atoms with E-state index in [1.807, 2.05) is 6.07 Å². The molecule has 3 rings (SSSR count). The van der Waals surface area contributed by atoms with E-state index in [0.29, 0.717) is 12.6 Å². The number of nitrogens with one attached hydrogen (secondary N) is 1. The Morgan fingerprint density at radius 1 is 1.04 bits per heavy atom. The molecule has 1 heterocycles. The monoisotopic (exact) mass is 331 g/mol. The van der Waals surface area contributed by atoms with Gasteiger partial charge in [-0.2, -0.15) is 0 Å². The molecule has 1 N–H and O–H groups in total. The molecular weight excluding hydrogens is 306 g/mol. The largest absolute Gasteiger partial charge is 0.488 e. The highest BCUT2D eigenvalue weighted by molar-refractivity contribution is 5.85. The van der Waals surface area contributed by atoms with Crippen LogP contribution in [0.2, 0.25) is 0 Å². The zero-order valence-corrected chi connectivity index (χ0v) is 14.8. The van der Waals surface area contributed by atoms with Crippen molar-refractivity contribution in [3.63, 3.8) is 0 Å². The van der Waals surface area contributed by atoms with Gasteiger partial charge >= 0.3 is 0 Å². The summed E-state index contributed by atoms with van der Waals surface area (Å²) in [4.78, 5) is 0. The van der Waals surface area contributed by atoms with Crippen LogP contribution in [0.4, 0.5) is 0 Å². The van der Waals surface area contributed by atoms with Gasteiger partial charge in [0.05, 0.1) is 0 Å². The number of ether oxygens (including phenoxy) is 1. The van der Waals surface area contributed by atoms with Crippen LogP contribution in [0.3, 0.4) is 0 Å². The fourth-order valence-electron chi connectivity index (χ4n) is 3.28. The van der Waals surface area contributed by atoms with Gasteiger partial charge in [0.1, 0.15) is 12.4 Å². The fourth-order valence-corrected chi connectivity index (χ4v) is 3.28. The van der Waals surface area contributed by atoms with Gasteiger partial charge in [-0.15, -0.1) is 12.4 Å². The lowest BCUT2D eigenvalue weighted by atomic mass is 9.94. The SMILES string of the molecule is Cc1cc([C@H]2CCCCN2)cc(C)c1OCc1ccccc1.Cl. The van der Waals surface area contributed by atoms with Crippen molar-refractivity contribution in [1.82, 2.24) is 5.32 Å². The summed E-state index contributed by atoms with van der Waals surface area (Å²) in [7, 11) is 0. The van der Waals surface area contributed by atoms with Crippen molar-refractivity contribution in [3.05, 3.63) is 64.7 Å². The molecule has 0 saturated carbocycles. The lowest BCUT2D eigenvalue weighted by Gasteiger charge is -2.25. The molecule has 2 aromatic rings. The second-order valence-corrected chi connectivity index (χ2v) is 6.26. The van der Waals surface area contributed by atoms with Crippen LogP contribution in [-0.2, 0) is 6.61 Å². The number of halogens is 1. The Kier molecular flexibility index (Phi) is 6.49. The van der Waals surface area contributed by atoms with Crippen LogP contribution in [0.25, 0.3) is 0 Å². The molecule has 0 aliphatic carbocycles. The summed E-state index contributed by atoms with van der Waals surface area (Å²) in [5.41, 5.74) is 5.08. The third-order valence-electron chi connectivity index (χ3n) is 4.42. The predicted molar refractivity (Wildman–Crippen MR) is 98.5 cm³/mol. The van der Waals surface area contributed by atoms with Crippen molar-refractivity contribution in [2.24, 2.45) is 0 Å². The van der Waals surface area contributed by atoms with Crippen molar-refractivity contribution in [2.75, 3.05) is 6.54 Å². The third kappa shape index (κ3) is 4.49. The molecule has 124 valence electrons. The van der Waals surface area contributed by atoms with Gasteiger partial charge in [0.2, 0.25) is 0 Å².